The van der Waals surface area contributed by atoms with Crippen molar-refractivity contribution in [2.24, 2.45) is 0 Å². The highest BCUT2D eigenvalue weighted by Crippen LogP contribution is 2.35. The van der Waals surface area contributed by atoms with Gasteiger partial charge in [0, 0.05) is 11.9 Å². The van der Waals surface area contributed by atoms with Gasteiger partial charge in [0.15, 0.2) is 21.3 Å². The number of imide groups is 1. The number of hydrogen-bond donors (Lipinski definition) is 1. The Morgan fingerprint density at radius 2 is 1.72 bits per heavy atom. The summed E-state index contributed by atoms with van der Waals surface area (Å²) in [6.45, 7) is 1.84. The smallest absolute Gasteiger partial charge is 0.261 e. The summed E-state index contributed by atoms with van der Waals surface area (Å²) in [5.41, 5.74) is 6.84. The molecule has 2 N–H and O–H groups in total. The molecule has 1 unspecified atom stereocenters. The van der Waals surface area contributed by atoms with Gasteiger partial charge in [0.2, 0.25) is 0 Å². The molecule has 8 nitrogen and oxygen atoms in total. The minimum absolute atomic E-state index is 0.173. The number of carbonyl (C=O) groups is 2. The van der Waals surface area contributed by atoms with Gasteiger partial charge in [0.05, 0.1) is 31.4 Å². The Hall–Kier alpha value is -3.07. The van der Waals surface area contributed by atoms with Gasteiger partial charge in [-0.15, -0.1) is 0 Å². The van der Waals surface area contributed by atoms with E-state index < -0.39 is 26.9 Å². The van der Waals surface area contributed by atoms with Crippen molar-refractivity contribution in [3.8, 4) is 11.5 Å². The monoisotopic (exact) mass is 418 g/mol. The van der Waals surface area contributed by atoms with Gasteiger partial charge in [-0.05, 0) is 42.8 Å². The summed E-state index contributed by atoms with van der Waals surface area (Å²) in [7, 11) is -2.18. The van der Waals surface area contributed by atoms with Crippen LogP contribution in [0, 0.1) is 0 Å². The van der Waals surface area contributed by atoms with E-state index >= 15 is 0 Å². The van der Waals surface area contributed by atoms with Crippen LogP contribution in [0.2, 0.25) is 0 Å². The summed E-state index contributed by atoms with van der Waals surface area (Å²) in [6, 6.07) is 9.17. The molecule has 3 rings (SSSR count). The molecule has 0 spiro atoms. The van der Waals surface area contributed by atoms with E-state index in [9.17, 15) is 18.0 Å². The molecule has 0 saturated carbocycles. The van der Waals surface area contributed by atoms with Gasteiger partial charge in [-0.1, -0.05) is 6.07 Å². The van der Waals surface area contributed by atoms with E-state index in [1.807, 2.05) is 0 Å². The number of hydrogen-bond acceptors (Lipinski definition) is 7. The first-order valence-electron chi connectivity index (χ1n) is 8.92. The fourth-order valence-electron chi connectivity index (χ4n) is 3.29. The van der Waals surface area contributed by atoms with E-state index in [1.165, 1.54) is 25.3 Å². The molecule has 2 amide bonds. The average molecular weight is 418 g/mol. The number of ether oxygens (including phenoxy) is 2. The summed E-state index contributed by atoms with van der Waals surface area (Å²) >= 11 is 0. The SMILES string of the molecule is CCOc1cc(C(CN2C(=O)c3ccc(N)cc3C2=O)S(C)(=O)=O)ccc1OC. The molecule has 154 valence electrons. The van der Waals surface area contributed by atoms with Crippen molar-refractivity contribution < 1.29 is 27.5 Å². The largest absolute Gasteiger partial charge is 0.493 e. The number of methoxy groups -OCH3 is 1. The highest BCUT2D eigenvalue weighted by Gasteiger charge is 2.39. The van der Waals surface area contributed by atoms with Crippen molar-refractivity contribution in [3.05, 3.63) is 53.1 Å². The number of nitrogen functional groups attached to an aromatic ring is 1. The van der Waals surface area contributed by atoms with E-state index in [-0.39, 0.29) is 17.7 Å². The van der Waals surface area contributed by atoms with Gasteiger partial charge in [-0.2, -0.15) is 0 Å². The predicted molar refractivity (Wildman–Crippen MR) is 108 cm³/mol. The van der Waals surface area contributed by atoms with Gasteiger partial charge in [-0.25, -0.2) is 8.42 Å². The highest BCUT2D eigenvalue weighted by molar-refractivity contribution is 7.91. The zero-order valence-corrected chi connectivity index (χ0v) is 17.2. The molecule has 2 aromatic rings. The van der Waals surface area contributed by atoms with Crippen molar-refractivity contribution in [3.63, 3.8) is 0 Å². The number of sulfone groups is 1. The van der Waals surface area contributed by atoms with Crippen molar-refractivity contribution in [2.75, 3.05) is 32.3 Å². The lowest BCUT2D eigenvalue weighted by Crippen LogP contribution is -2.36. The van der Waals surface area contributed by atoms with Crippen molar-refractivity contribution in [1.82, 2.24) is 4.90 Å². The molecule has 0 aliphatic carbocycles. The number of rotatable bonds is 7. The first kappa shape index (κ1) is 20.7. The van der Waals surface area contributed by atoms with Crippen LogP contribution >= 0.6 is 0 Å². The van der Waals surface area contributed by atoms with Gasteiger partial charge < -0.3 is 15.2 Å². The first-order valence-corrected chi connectivity index (χ1v) is 10.9. The molecule has 1 atom stereocenters. The summed E-state index contributed by atoms with van der Waals surface area (Å²) in [6.07, 6.45) is 1.07. The van der Waals surface area contributed by atoms with Crippen LogP contribution in [0.5, 0.6) is 11.5 Å². The number of benzene rings is 2. The van der Waals surface area contributed by atoms with Crippen LogP contribution in [-0.4, -0.2) is 51.6 Å². The zero-order valence-electron chi connectivity index (χ0n) is 16.3. The Labute approximate surface area is 169 Å². The molecule has 0 bridgehead atoms. The Balaban J connectivity index is 1.99. The third-order valence-corrected chi connectivity index (χ3v) is 6.17. The van der Waals surface area contributed by atoms with Crippen molar-refractivity contribution >= 4 is 27.3 Å². The maximum absolute atomic E-state index is 12.7. The fourth-order valence-corrected chi connectivity index (χ4v) is 4.35. The quantitative estimate of drug-likeness (QED) is 0.540. The molecule has 1 aliphatic rings. The molecule has 0 fully saturated rings. The van der Waals surface area contributed by atoms with Crippen LogP contribution in [0.3, 0.4) is 0 Å². The van der Waals surface area contributed by atoms with E-state index in [0.717, 1.165) is 11.2 Å². The number of amides is 2. The van der Waals surface area contributed by atoms with Gasteiger partial charge in [0.1, 0.15) is 5.25 Å². The van der Waals surface area contributed by atoms with E-state index in [4.69, 9.17) is 15.2 Å². The first-order chi connectivity index (χ1) is 13.7. The third-order valence-electron chi connectivity index (χ3n) is 4.72. The normalized spacial score (nSPS) is 14.7. The average Bonchev–Trinajstić information content (AvgIpc) is 2.89. The lowest BCUT2D eigenvalue weighted by molar-refractivity contribution is 0.0654. The van der Waals surface area contributed by atoms with E-state index in [0.29, 0.717) is 29.4 Å². The van der Waals surface area contributed by atoms with Crippen molar-refractivity contribution in [2.45, 2.75) is 12.2 Å². The standard InChI is InChI=1S/C20H22N2O6S/c1-4-28-17-9-12(5-8-16(17)27-2)18(29(3,25)26)11-22-19(23)14-7-6-13(21)10-15(14)20(22)24/h5-10,18H,4,11,21H2,1-3H3. The minimum Gasteiger partial charge on any atom is -0.493 e. The maximum Gasteiger partial charge on any atom is 0.261 e. The minimum atomic E-state index is -3.67. The zero-order chi connectivity index (χ0) is 21.3. The summed E-state index contributed by atoms with van der Waals surface area (Å²) in [4.78, 5) is 26.4. The van der Waals surface area contributed by atoms with Crippen LogP contribution < -0.4 is 15.2 Å². The molecule has 0 aromatic heterocycles. The van der Waals surface area contributed by atoms with Crippen LogP contribution in [0.15, 0.2) is 36.4 Å². The lowest BCUT2D eigenvalue weighted by atomic mass is 10.1. The van der Waals surface area contributed by atoms with E-state index in [1.54, 1.807) is 25.1 Å². The van der Waals surface area contributed by atoms with Crippen LogP contribution in [-0.2, 0) is 9.84 Å². The summed E-state index contributed by atoms with van der Waals surface area (Å²) in [5.74, 6) is -0.267. The molecule has 1 aliphatic heterocycles. The second-order valence-electron chi connectivity index (χ2n) is 6.69. The number of fused-ring (bicyclic) bond motifs is 1. The maximum atomic E-state index is 12.7. The molecule has 0 saturated heterocycles. The number of nitrogens with two attached hydrogens (primary N) is 1. The predicted octanol–water partition coefficient (Wildman–Crippen LogP) is 2.06. The second-order valence-corrected chi connectivity index (χ2v) is 8.92. The number of nitrogens with zero attached hydrogens (tertiary/aromatic N) is 1. The third kappa shape index (κ3) is 3.91. The van der Waals surface area contributed by atoms with Gasteiger partial charge >= 0.3 is 0 Å². The number of anilines is 1. The summed E-state index contributed by atoms with van der Waals surface area (Å²) in [5, 5.41) is -1.12. The topological polar surface area (TPSA) is 116 Å². The van der Waals surface area contributed by atoms with E-state index in [2.05, 4.69) is 0 Å². The lowest BCUT2D eigenvalue weighted by Gasteiger charge is -2.22. The molecule has 29 heavy (non-hydrogen) atoms. The van der Waals surface area contributed by atoms with Gasteiger partial charge in [-0.3, -0.25) is 14.5 Å². The van der Waals surface area contributed by atoms with Gasteiger partial charge in [0.25, 0.3) is 11.8 Å². The fraction of sp³-hybridized carbons (Fsp3) is 0.300. The van der Waals surface area contributed by atoms with Crippen LogP contribution in [0.1, 0.15) is 38.5 Å². The highest BCUT2D eigenvalue weighted by atomic mass is 32.2. The van der Waals surface area contributed by atoms with Crippen LogP contribution in [0.25, 0.3) is 0 Å². The Kier molecular flexibility index (Phi) is 5.52. The molecule has 1 heterocycles. The van der Waals surface area contributed by atoms with Crippen molar-refractivity contribution in [1.29, 1.82) is 0 Å². The Bertz CT molecular complexity index is 1080. The molecule has 0 radical (unpaired) electrons. The molecular formula is C20H22N2O6S. The molecule has 2 aromatic carbocycles. The Morgan fingerprint density at radius 1 is 1.03 bits per heavy atom. The number of carbonyl (C=O) groups excluding carboxylic acids is 2. The molecular weight excluding hydrogens is 396 g/mol. The van der Waals surface area contributed by atoms with Crippen LogP contribution in [0.4, 0.5) is 5.69 Å². The molecule has 9 heteroatoms. The Morgan fingerprint density at radius 3 is 2.34 bits per heavy atom. The second kappa shape index (κ2) is 7.75. The summed E-state index contributed by atoms with van der Waals surface area (Å²) < 4.78 is 35.8.